The van der Waals surface area contributed by atoms with Crippen LogP contribution in [0.3, 0.4) is 0 Å². The van der Waals surface area contributed by atoms with E-state index in [1.54, 1.807) is 19.2 Å². The Bertz CT molecular complexity index is 615. The number of likely N-dealkylation sites (N-methyl/N-ethyl adjacent to an activating group) is 1. The lowest BCUT2D eigenvalue weighted by Gasteiger charge is -2.26. The molecular weight excluding hydrogens is 276 g/mol. The first-order chi connectivity index (χ1) is 9.50. The maximum Gasteiger partial charge on any atom is 0.243 e. The summed E-state index contributed by atoms with van der Waals surface area (Å²) in [5, 5.41) is 3.24. The third-order valence-electron chi connectivity index (χ3n) is 4.27. The summed E-state index contributed by atoms with van der Waals surface area (Å²) in [4.78, 5) is 0.376. The number of sulfonamides is 1. The maximum atomic E-state index is 12.7. The number of ether oxygens (including phenoxy) is 1. The average Bonchev–Trinajstić information content (AvgIpc) is 3.05. The molecule has 110 valence electrons. The van der Waals surface area contributed by atoms with Gasteiger partial charge in [0.1, 0.15) is 0 Å². The topological polar surface area (TPSA) is 58.6 Å². The van der Waals surface area contributed by atoms with Crippen LogP contribution < -0.4 is 5.32 Å². The van der Waals surface area contributed by atoms with E-state index in [4.69, 9.17) is 4.74 Å². The van der Waals surface area contributed by atoms with Crippen LogP contribution in [0.1, 0.15) is 18.9 Å². The van der Waals surface area contributed by atoms with Crippen LogP contribution in [0.5, 0.6) is 0 Å². The molecule has 0 aromatic heterocycles. The van der Waals surface area contributed by atoms with Crippen LogP contribution in [-0.2, 0) is 21.2 Å². The molecular formula is C14H20N2O3S. The molecule has 6 heteroatoms. The third-order valence-corrected chi connectivity index (χ3v) is 6.15. The number of nitrogens with zero attached hydrogens (tertiary/aromatic N) is 1. The summed E-state index contributed by atoms with van der Waals surface area (Å²) in [6.07, 6.45) is 1.58. The SMILES string of the molecule is CC1OCCC1N(C)S(=O)(=O)c1ccc2c(c1)CCN2. The van der Waals surface area contributed by atoms with Gasteiger partial charge in [0, 0.05) is 25.9 Å². The minimum absolute atomic E-state index is 0.0501. The number of nitrogens with one attached hydrogen (secondary N) is 1. The van der Waals surface area contributed by atoms with Crippen molar-refractivity contribution in [1.29, 1.82) is 0 Å². The number of hydrogen-bond donors (Lipinski definition) is 1. The second-order valence-corrected chi connectivity index (χ2v) is 7.45. The largest absolute Gasteiger partial charge is 0.384 e. The number of benzene rings is 1. The Hall–Kier alpha value is -1.11. The predicted molar refractivity (Wildman–Crippen MR) is 77.4 cm³/mol. The minimum Gasteiger partial charge on any atom is -0.384 e. The summed E-state index contributed by atoms with van der Waals surface area (Å²) in [7, 11) is -1.80. The molecule has 1 aromatic carbocycles. The van der Waals surface area contributed by atoms with Gasteiger partial charge in [-0.2, -0.15) is 4.31 Å². The van der Waals surface area contributed by atoms with Crippen molar-refractivity contribution in [2.75, 3.05) is 25.5 Å². The molecule has 0 aliphatic carbocycles. The summed E-state index contributed by atoms with van der Waals surface area (Å²) in [5.74, 6) is 0. The van der Waals surface area contributed by atoms with Crippen molar-refractivity contribution >= 4 is 15.7 Å². The fraction of sp³-hybridized carbons (Fsp3) is 0.571. The first kappa shape index (κ1) is 13.9. The number of hydrogen-bond acceptors (Lipinski definition) is 4. The quantitative estimate of drug-likeness (QED) is 0.917. The van der Waals surface area contributed by atoms with Gasteiger partial charge < -0.3 is 10.1 Å². The van der Waals surface area contributed by atoms with E-state index in [-0.39, 0.29) is 12.1 Å². The van der Waals surface area contributed by atoms with Crippen molar-refractivity contribution in [3.05, 3.63) is 23.8 Å². The highest BCUT2D eigenvalue weighted by molar-refractivity contribution is 7.89. The standard InChI is InChI=1S/C14H20N2O3S/c1-10-14(6-8-19-10)16(2)20(17,18)12-3-4-13-11(9-12)5-7-15-13/h3-4,9-10,14-15H,5-8H2,1-2H3. The zero-order chi connectivity index (χ0) is 14.3. The van der Waals surface area contributed by atoms with Gasteiger partial charge in [-0.3, -0.25) is 0 Å². The van der Waals surface area contributed by atoms with E-state index in [2.05, 4.69) is 5.32 Å². The first-order valence-corrected chi connectivity index (χ1v) is 8.40. The fourth-order valence-electron chi connectivity index (χ4n) is 2.98. The Morgan fingerprint density at radius 2 is 2.20 bits per heavy atom. The van der Waals surface area contributed by atoms with E-state index in [9.17, 15) is 8.42 Å². The van der Waals surface area contributed by atoms with E-state index in [0.29, 0.717) is 11.5 Å². The van der Waals surface area contributed by atoms with Gasteiger partial charge >= 0.3 is 0 Å². The molecule has 0 amide bonds. The number of fused-ring (bicyclic) bond motifs is 1. The van der Waals surface area contributed by atoms with Gasteiger partial charge in [-0.25, -0.2) is 8.42 Å². The smallest absolute Gasteiger partial charge is 0.243 e. The molecule has 2 unspecified atom stereocenters. The average molecular weight is 296 g/mol. The highest BCUT2D eigenvalue weighted by atomic mass is 32.2. The molecule has 0 radical (unpaired) electrons. The molecule has 0 saturated carbocycles. The van der Waals surface area contributed by atoms with Crippen molar-refractivity contribution in [3.63, 3.8) is 0 Å². The van der Waals surface area contributed by atoms with Gasteiger partial charge in [-0.05, 0) is 43.5 Å². The Morgan fingerprint density at radius 1 is 1.40 bits per heavy atom. The molecule has 5 nitrogen and oxygen atoms in total. The lowest BCUT2D eigenvalue weighted by Crippen LogP contribution is -2.40. The first-order valence-electron chi connectivity index (χ1n) is 6.96. The summed E-state index contributed by atoms with van der Waals surface area (Å²) < 4.78 is 32.4. The Morgan fingerprint density at radius 3 is 2.90 bits per heavy atom. The molecule has 1 fully saturated rings. The molecule has 1 aromatic rings. The van der Waals surface area contributed by atoms with Crippen molar-refractivity contribution in [1.82, 2.24) is 4.31 Å². The second-order valence-electron chi connectivity index (χ2n) is 5.45. The van der Waals surface area contributed by atoms with Crippen molar-refractivity contribution < 1.29 is 13.2 Å². The predicted octanol–water partition coefficient (Wildman–Crippen LogP) is 1.45. The Labute approximate surface area is 120 Å². The van der Waals surface area contributed by atoms with Crippen LogP contribution in [-0.4, -0.2) is 45.1 Å². The fourth-order valence-corrected chi connectivity index (χ4v) is 4.48. The van der Waals surface area contributed by atoms with Gasteiger partial charge in [0.25, 0.3) is 0 Å². The summed E-state index contributed by atoms with van der Waals surface area (Å²) in [5.41, 5.74) is 2.12. The van der Waals surface area contributed by atoms with Crippen LogP contribution in [0.15, 0.2) is 23.1 Å². The van der Waals surface area contributed by atoms with E-state index in [1.165, 1.54) is 4.31 Å². The zero-order valence-corrected chi connectivity index (χ0v) is 12.6. The highest BCUT2D eigenvalue weighted by Gasteiger charge is 2.35. The number of rotatable bonds is 3. The summed E-state index contributed by atoms with van der Waals surface area (Å²) in [6, 6.07) is 5.26. The molecule has 2 aliphatic rings. The normalized spacial score (nSPS) is 25.8. The Kier molecular flexibility index (Phi) is 3.48. The number of anilines is 1. The highest BCUT2D eigenvalue weighted by Crippen LogP contribution is 2.29. The zero-order valence-electron chi connectivity index (χ0n) is 11.8. The van der Waals surface area contributed by atoms with E-state index in [1.807, 2.05) is 13.0 Å². The van der Waals surface area contributed by atoms with Crippen LogP contribution in [0.4, 0.5) is 5.69 Å². The van der Waals surface area contributed by atoms with E-state index in [0.717, 1.165) is 30.6 Å². The van der Waals surface area contributed by atoms with Gasteiger partial charge in [0.05, 0.1) is 17.0 Å². The molecule has 2 heterocycles. The molecule has 20 heavy (non-hydrogen) atoms. The molecule has 3 rings (SSSR count). The van der Waals surface area contributed by atoms with Crippen LogP contribution in [0.2, 0.25) is 0 Å². The van der Waals surface area contributed by atoms with Gasteiger partial charge in [0.2, 0.25) is 10.0 Å². The van der Waals surface area contributed by atoms with E-state index >= 15 is 0 Å². The summed E-state index contributed by atoms with van der Waals surface area (Å²) in [6.45, 7) is 3.43. The summed E-state index contributed by atoms with van der Waals surface area (Å²) >= 11 is 0. The molecule has 1 saturated heterocycles. The van der Waals surface area contributed by atoms with Gasteiger partial charge in [-0.15, -0.1) is 0 Å². The van der Waals surface area contributed by atoms with Crippen molar-refractivity contribution in [2.24, 2.45) is 0 Å². The van der Waals surface area contributed by atoms with E-state index < -0.39 is 10.0 Å². The molecule has 0 bridgehead atoms. The van der Waals surface area contributed by atoms with Crippen molar-refractivity contribution in [3.8, 4) is 0 Å². The third kappa shape index (κ3) is 2.21. The van der Waals surface area contributed by atoms with Crippen LogP contribution in [0.25, 0.3) is 0 Å². The van der Waals surface area contributed by atoms with Crippen molar-refractivity contribution in [2.45, 2.75) is 36.8 Å². The van der Waals surface area contributed by atoms with Gasteiger partial charge in [-0.1, -0.05) is 0 Å². The van der Waals surface area contributed by atoms with Crippen LogP contribution in [0, 0.1) is 0 Å². The second kappa shape index (κ2) is 5.02. The molecule has 0 spiro atoms. The Balaban J connectivity index is 1.91. The maximum absolute atomic E-state index is 12.7. The monoisotopic (exact) mass is 296 g/mol. The lowest BCUT2D eigenvalue weighted by molar-refractivity contribution is 0.102. The molecule has 1 N–H and O–H groups in total. The minimum atomic E-state index is -3.45. The van der Waals surface area contributed by atoms with Gasteiger partial charge in [0.15, 0.2) is 0 Å². The molecule has 2 atom stereocenters. The van der Waals surface area contributed by atoms with Crippen LogP contribution >= 0.6 is 0 Å². The lowest BCUT2D eigenvalue weighted by atomic mass is 10.2. The molecule has 2 aliphatic heterocycles.